The second kappa shape index (κ2) is 5.84. The van der Waals surface area contributed by atoms with Crippen molar-refractivity contribution in [3.8, 4) is 0 Å². The number of halogens is 1. The molecule has 0 bridgehead atoms. The molecule has 0 spiro atoms. The van der Waals surface area contributed by atoms with E-state index in [0.717, 1.165) is 13.7 Å². The second-order valence-corrected chi connectivity index (χ2v) is 5.96. The summed E-state index contributed by atoms with van der Waals surface area (Å²) in [5.74, 6) is -0.532. The van der Waals surface area contributed by atoms with Crippen molar-refractivity contribution in [2.24, 2.45) is 14.1 Å². The Kier molecular flexibility index (Phi) is 4.31. The van der Waals surface area contributed by atoms with E-state index in [1.807, 2.05) is 19.1 Å². The molecular weight excluding hydrogens is 385 g/mol. The summed E-state index contributed by atoms with van der Waals surface area (Å²) in [4.78, 5) is 35.9. The van der Waals surface area contributed by atoms with Gasteiger partial charge in [-0.2, -0.15) is 0 Å². The van der Waals surface area contributed by atoms with Gasteiger partial charge in [-0.3, -0.25) is 14.2 Å². The first-order valence-corrected chi connectivity index (χ1v) is 7.23. The minimum Gasteiger partial charge on any atom is -0.322 e. The van der Waals surface area contributed by atoms with Gasteiger partial charge in [-0.1, -0.05) is 0 Å². The maximum atomic E-state index is 12.2. The zero-order valence-electron chi connectivity index (χ0n) is 11.8. The lowest BCUT2D eigenvalue weighted by molar-refractivity contribution is 0.102. The summed E-state index contributed by atoms with van der Waals surface area (Å²) in [6.45, 7) is 1.87. The van der Waals surface area contributed by atoms with Crippen molar-refractivity contribution >= 4 is 34.2 Å². The highest BCUT2D eigenvalue weighted by atomic mass is 127. The molecule has 0 aliphatic rings. The molecule has 0 saturated carbocycles. The monoisotopic (exact) mass is 399 g/mol. The standard InChI is InChI=1S/C14H14IN3O3/c1-8-6-9(15)4-5-11(8)16-12(19)10-7-17(2)14(21)18(3)13(10)20/h4-7H,1-3H3,(H,16,19). The molecule has 0 unspecified atom stereocenters. The Morgan fingerprint density at radius 3 is 2.52 bits per heavy atom. The number of rotatable bonds is 2. The Balaban J connectivity index is 2.42. The zero-order valence-corrected chi connectivity index (χ0v) is 14.0. The third-order valence-corrected chi connectivity index (χ3v) is 3.80. The number of carbonyl (C=O) groups excluding carboxylic acids is 1. The molecule has 2 rings (SSSR count). The van der Waals surface area contributed by atoms with E-state index in [4.69, 9.17) is 0 Å². The third kappa shape index (κ3) is 3.07. The van der Waals surface area contributed by atoms with E-state index >= 15 is 0 Å². The highest BCUT2D eigenvalue weighted by molar-refractivity contribution is 14.1. The highest BCUT2D eigenvalue weighted by Crippen LogP contribution is 2.18. The SMILES string of the molecule is Cc1cc(I)ccc1NC(=O)c1cn(C)c(=O)n(C)c1=O. The Morgan fingerprint density at radius 2 is 1.90 bits per heavy atom. The summed E-state index contributed by atoms with van der Waals surface area (Å²) < 4.78 is 3.17. The normalized spacial score (nSPS) is 10.5. The predicted octanol–water partition coefficient (Wildman–Crippen LogP) is 1.25. The molecule has 0 aliphatic heterocycles. The average Bonchev–Trinajstić information content (AvgIpc) is 2.43. The molecule has 0 saturated heterocycles. The van der Waals surface area contributed by atoms with E-state index < -0.39 is 17.2 Å². The van der Waals surface area contributed by atoms with Crippen molar-refractivity contribution < 1.29 is 4.79 Å². The molecule has 0 aliphatic carbocycles. The quantitative estimate of drug-likeness (QED) is 0.773. The van der Waals surface area contributed by atoms with E-state index in [2.05, 4.69) is 27.9 Å². The molecule has 0 atom stereocenters. The second-order valence-electron chi connectivity index (χ2n) is 4.71. The third-order valence-electron chi connectivity index (χ3n) is 3.13. The number of nitrogens with one attached hydrogen (secondary N) is 1. The summed E-state index contributed by atoms with van der Waals surface area (Å²) in [5, 5.41) is 2.70. The van der Waals surface area contributed by atoms with Gasteiger partial charge in [-0.25, -0.2) is 4.79 Å². The Hall–Kier alpha value is -1.90. The molecule has 7 heteroatoms. The van der Waals surface area contributed by atoms with Gasteiger partial charge in [0.15, 0.2) is 0 Å². The number of aromatic nitrogens is 2. The number of anilines is 1. The van der Waals surface area contributed by atoms with Gasteiger partial charge in [0.05, 0.1) is 0 Å². The summed E-state index contributed by atoms with van der Waals surface area (Å²) in [5.41, 5.74) is 0.381. The van der Waals surface area contributed by atoms with Gasteiger partial charge in [-0.15, -0.1) is 0 Å². The molecule has 0 radical (unpaired) electrons. The maximum absolute atomic E-state index is 12.2. The summed E-state index contributed by atoms with van der Waals surface area (Å²) >= 11 is 2.18. The predicted molar refractivity (Wildman–Crippen MR) is 88.8 cm³/mol. The molecule has 1 heterocycles. The number of hydrogen-bond donors (Lipinski definition) is 1. The first-order chi connectivity index (χ1) is 9.81. The molecule has 1 aromatic carbocycles. The lowest BCUT2D eigenvalue weighted by Crippen LogP contribution is -2.40. The van der Waals surface area contributed by atoms with Gasteiger partial charge in [-0.05, 0) is 53.3 Å². The Labute approximate surface area is 134 Å². The fourth-order valence-electron chi connectivity index (χ4n) is 1.92. The van der Waals surface area contributed by atoms with E-state index in [1.54, 1.807) is 6.07 Å². The van der Waals surface area contributed by atoms with Crippen LogP contribution in [0.5, 0.6) is 0 Å². The van der Waals surface area contributed by atoms with Gasteiger partial charge in [0.1, 0.15) is 5.56 Å². The molecule has 2 aromatic rings. The molecule has 21 heavy (non-hydrogen) atoms. The first-order valence-electron chi connectivity index (χ1n) is 6.15. The number of hydrogen-bond acceptors (Lipinski definition) is 3. The van der Waals surface area contributed by atoms with E-state index in [-0.39, 0.29) is 5.56 Å². The van der Waals surface area contributed by atoms with Crippen LogP contribution < -0.4 is 16.6 Å². The van der Waals surface area contributed by atoms with Crippen molar-refractivity contribution in [2.45, 2.75) is 6.92 Å². The van der Waals surface area contributed by atoms with Crippen molar-refractivity contribution in [3.63, 3.8) is 0 Å². The molecule has 1 N–H and O–H groups in total. The van der Waals surface area contributed by atoms with Crippen molar-refractivity contribution in [1.29, 1.82) is 0 Å². The number of nitrogens with zero attached hydrogens (tertiary/aromatic N) is 2. The average molecular weight is 399 g/mol. The number of amides is 1. The van der Waals surface area contributed by atoms with E-state index in [1.165, 1.54) is 24.9 Å². The lowest BCUT2D eigenvalue weighted by Gasteiger charge is -2.10. The largest absolute Gasteiger partial charge is 0.330 e. The Bertz CT molecular complexity index is 836. The van der Waals surface area contributed by atoms with E-state index in [0.29, 0.717) is 5.69 Å². The number of aryl methyl sites for hydroxylation is 2. The van der Waals surface area contributed by atoms with Crippen LogP contribution in [0.4, 0.5) is 5.69 Å². The molecule has 0 fully saturated rings. The van der Waals surface area contributed by atoms with Crippen molar-refractivity contribution in [3.05, 3.63) is 59.9 Å². The molecule has 6 nitrogen and oxygen atoms in total. The zero-order chi connectivity index (χ0) is 15.7. The maximum Gasteiger partial charge on any atom is 0.330 e. The highest BCUT2D eigenvalue weighted by Gasteiger charge is 2.15. The van der Waals surface area contributed by atoms with Gasteiger partial charge in [0.25, 0.3) is 11.5 Å². The van der Waals surface area contributed by atoms with Crippen molar-refractivity contribution in [2.75, 3.05) is 5.32 Å². The molecule has 110 valence electrons. The number of benzene rings is 1. The minimum absolute atomic E-state index is 0.0717. The van der Waals surface area contributed by atoms with Gasteiger partial charge >= 0.3 is 5.69 Å². The van der Waals surface area contributed by atoms with Gasteiger partial charge in [0, 0.05) is 29.5 Å². The van der Waals surface area contributed by atoms with Crippen LogP contribution in [0.2, 0.25) is 0 Å². The summed E-state index contributed by atoms with van der Waals surface area (Å²) in [6, 6.07) is 5.57. The van der Waals surface area contributed by atoms with Crippen LogP contribution in [0.25, 0.3) is 0 Å². The van der Waals surface area contributed by atoms with Crippen molar-refractivity contribution in [1.82, 2.24) is 9.13 Å². The van der Waals surface area contributed by atoms with Crippen LogP contribution in [0.3, 0.4) is 0 Å². The topological polar surface area (TPSA) is 73.1 Å². The van der Waals surface area contributed by atoms with Gasteiger partial charge in [0.2, 0.25) is 0 Å². The molecule has 1 aromatic heterocycles. The first kappa shape index (κ1) is 15.5. The van der Waals surface area contributed by atoms with E-state index in [9.17, 15) is 14.4 Å². The smallest absolute Gasteiger partial charge is 0.322 e. The minimum atomic E-state index is -0.612. The Morgan fingerprint density at radius 1 is 1.24 bits per heavy atom. The number of carbonyl (C=O) groups is 1. The fourth-order valence-corrected chi connectivity index (χ4v) is 2.57. The fraction of sp³-hybridized carbons (Fsp3) is 0.214. The van der Waals surface area contributed by atoms with Gasteiger partial charge < -0.3 is 9.88 Å². The summed E-state index contributed by atoms with van der Waals surface area (Å²) in [6.07, 6.45) is 1.25. The van der Waals surface area contributed by atoms with Crippen LogP contribution in [-0.2, 0) is 14.1 Å². The lowest BCUT2D eigenvalue weighted by atomic mass is 10.2. The van der Waals surface area contributed by atoms with Crippen LogP contribution in [0.1, 0.15) is 15.9 Å². The van der Waals surface area contributed by atoms with Crippen LogP contribution in [-0.4, -0.2) is 15.0 Å². The molecular formula is C14H14IN3O3. The molecule has 1 amide bonds. The van der Waals surface area contributed by atoms with Crippen LogP contribution in [0.15, 0.2) is 34.0 Å². The summed E-state index contributed by atoms with van der Waals surface area (Å²) in [7, 11) is 2.84. The van der Waals surface area contributed by atoms with Crippen LogP contribution >= 0.6 is 22.6 Å². The van der Waals surface area contributed by atoms with Crippen LogP contribution in [0, 0.1) is 10.5 Å².